The van der Waals surface area contributed by atoms with Gasteiger partial charge in [0.15, 0.2) is 5.70 Å². The number of aliphatic imine (C=N–C) groups is 1. The number of benzene rings is 1. The molecule has 25 heavy (non-hydrogen) atoms. The number of aryl methyl sites for hydroxylation is 1. The molecule has 2 heterocycles. The van der Waals surface area contributed by atoms with E-state index < -0.39 is 21.7 Å². The van der Waals surface area contributed by atoms with Gasteiger partial charge in [0.1, 0.15) is 10.7 Å². The minimum Gasteiger partial charge on any atom is -0.402 e. The average Bonchev–Trinajstić information content (AvgIpc) is 3.15. The summed E-state index contributed by atoms with van der Waals surface area (Å²) in [6, 6.07) is 6.75. The molecule has 0 N–H and O–H groups in total. The Bertz CT molecular complexity index is 971. The fourth-order valence-electron chi connectivity index (χ4n) is 2.12. The number of rotatable bonds is 4. The largest absolute Gasteiger partial charge is 0.433 e. The Morgan fingerprint density at radius 2 is 1.88 bits per heavy atom. The maximum absolute atomic E-state index is 11.9. The van der Waals surface area contributed by atoms with Crippen molar-refractivity contribution < 1.29 is 23.8 Å². The predicted molar refractivity (Wildman–Crippen MR) is 83.8 cm³/mol. The van der Waals surface area contributed by atoms with Crippen LogP contribution in [0.15, 0.2) is 45.4 Å². The van der Waals surface area contributed by atoms with Crippen LogP contribution < -0.4 is 0 Å². The first-order valence-corrected chi connectivity index (χ1v) is 6.87. The van der Waals surface area contributed by atoms with Gasteiger partial charge < -0.3 is 9.15 Å². The number of nitro benzene ring substituents is 1. The van der Waals surface area contributed by atoms with E-state index in [2.05, 4.69) is 4.99 Å². The third kappa shape index (κ3) is 3.13. The van der Waals surface area contributed by atoms with Crippen LogP contribution >= 0.6 is 0 Å². The van der Waals surface area contributed by atoms with Crippen LogP contribution in [0, 0.1) is 27.2 Å². The molecular weight excluding hydrogens is 334 g/mol. The first-order valence-electron chi connectivity index (χ1n) is 6.87. The maximum Gasteiger partial charge on any atom is 0.433 e. The zero-order valence-corrected chi connectivity index (χ0v) is 12.7. The maximum atomic E-state index is 11.9. The van der Waals surface area contributed by atoms with E-state index in [1.54, 1.807) is 6.92 Å². The van der Waals surface area contributed by atoms with Gasteiger partial charge in [-0.1, -0.05) is 6.07 Å². The van der Waals surface area contributed by atoms with Gasteiger partial charge in [-0.15, -0.1) is 0 Å². The van der Waals surface area contributed by atoms with E-state index >= 15 is 0 Å². The Morgan fingerprint density at radius 1 is 1.12 bits per heavy atom. The van der Waals surface area contributed by atoms with Gasteiger partial charge in [-0.05, 0) is 19.1 Å². The first-order chi connectivity index (χ1) is 11.8. The van der Waals surface area contributed by atoms with Crippen LogP contribution in [0.2, 0.25) is 0 Å². The molecule has 0 radical (unpaired) electrons. The summed E-state index contributed by atoms with van der Waals surface area (Å²) in [6.07, 6.45) is 1.19. The van der Waals surface area contributed by atoms with Crippen LogP contribution in [0.3, 0.4) is 0 Å². The fourth-order valence-corrected chi connectivity index (χ4v) is 2.12. The summed E-state index contributed by atoms with van der Waals surface area (Å²) in [5.74, 6) is -1.31. The highest BCUT2D eigenvalue weighted by Crippen LogP contribution is 2.25. The van der Waals surface area contributed by atoms with Crippen molar-refractivity contribution in [3.05, 3.63) is 73.1 Å². The van der Waals surface area contributed by atoms with Gasteiger partial charge in [-0.3, -0.25) is 20.2 Å². The van der Waals surface area contributed by atoms with Crippen LogP contribution in [-0.4, -0.2) is 21.7 Å². The van der Waals surface area contributed by atoms with Crippen LogP contribution in [0.25, 0.3) is 6.08 Å². The molecular formula is C15H9N3O7. The van der Waals surface area contributed by atoms with Crippen molar-refractivity contribution in [2.24, 2.45) is 4.99 Å². The quantitative estimate of drug-likeness (QED) is 0.360. The number of ether oxygens (including phenoxy) is 1. The topological polar surface area (TPSA) is 138 Å². The van der Waals surface area contributed by atoms with Crippen molar-refractivity contribution in [1.82, 2.24) is 0 Å². The molecule has 1 aliphatic rings. The zero-order chi connectivity index (χ0) is 18.1. The molecule has 0 bridgehead atoms. The number of hydrogen-bond acceptors (Lipinski definition) is 8. The number of nitro groups is 2. The molecule has 126 valence electrons. The number of carbonyl (C=O) groups excluding carboxylic acids is 1. The zero-order valence-electron chi connectivity index (χ0n) is 12.7. The van der Waals surface area contributed by atoms with Gasteiger partial charge in [0.05, 0.1) is 11.0 Å². The average molecular weight is 343 g/mol. The van der Waals surface area contributed by atoms with E-state index in [-0.39, 0.29) is 28.6 Å². The lowest BCUT2D eigenvalue weighted by Gasteiger charge is -2.01. The van der Waals surface area contributed by atoms with E-state index in [9.17, 15) is 25.0 Å². The SMILES string of the molecule is Cc1ccc(C2=N/C(=C\c3ccc([N+](=O)[O-])o3)C(=O)O2)cc1[N+](=O)[O-]. The minimum atomic E-state index is -0.794. The van der Waals surface area contributed by atoms with Gasteiger partial charge in [0, 0.05) is 23.3 Å². The van der Waals surface area contributed by atoms with Crippen molar-refractivity contribution in [2.45, 2.75) is 6.92 Å². The Morgan fingerprint density at radius 3 is 2.52 bits per heavy atom. The van der Waals surface area contributed by atoms with Gasteiger partial charge in [0.25, 0.3) is 5.69 Å². The Kier molecular flexibility index (Phi) is 3.85. The monoisotopic (exact) mass is 343 g/mol. The molecule has 0 fully saturated rings. The highest BCUT2D eigenvalue weighted by atomic mass is 16.6. The van der Waals surface area contributed by atoms with Gasteiger partial charge in [0.2, 0.25) is 5.90 Å². The second-order valence-corrected chi connectivity index (χ2v) is 5.03. The Labute approximate surface area is 139 Å². The molecule has 0 atom stereocenters. The number of furan rings is 1. The van der Waals surface area contributed by atoms with Crippen LogP contribution in [0.5, 0.6) is 0 Å². The number of carbonyl (C=O) groups is 1. The second-order valence-electron chi connectivity index (χ2n) is 5.03. The van der Waals surface area contributed by atoms with Crippen molar-refractivity contribution in [1.29, 1.82) is 0 Å². The predicted octanol–water partition coefficient (Wildman–Crippen LogP) is 2.75. The number of cyclic esters (lactones) is 1. The summed E-state index contributed by atoms with van der Waals surface area (Å²) in [6.45, 7) is 1.58. The van der Waals surface area contributed by atoms with Crippen LogP contribution in [0.4, 0.5) is 11.6 Å². The molecule has 1 aromatic carbocycles. The third-order valence-electron chi connectivity index (χ3n) is 3.34. The first kappa shape index (κ1) is 16.1. The number of nitrogens with zero attached hydrogens (tertiary/aromatic N) is 3. The van der Waals surface area contributed by atoms with E-state index in [1.807, 2.05) is 0 Å². The summed E-state index contributed by atoms with van der Waals surface area (Å²) >= 11 is 0. The molecule has 0 aliphatic carbocycles. The molecule has 0 saturated carbocycles. The highest BCUT2D eigenvalue weighted by Gasteiger charge is 2.26. The van der Waals surface area contributed by atoms with E-state index in [4.69, 9.17) is 9.15 Å². The molecule has 1 aliphatic heterocycles. The molecule has 1 aromatic heterocycles. The summed E-state index contributed by atoms with van der Waals surface area (Å²) in [4.78, 5) is 36.2. The van der Waals surface area contributed by atoms with Gasteiger partial charge >= 0.3 is 11.9 Å². The molecule has 2 aromatic rings. The minimum absolute atomic E-state index is 0.0542. The van der Waals surface area contributed by atoms with Crippen molar-refractivity contribution in [3.63, 3.8) is 0 Å². The van der Waals surface area contributed by atoms with Gasteiger partial charge in [-0.25, -0.2) is 9.79 Å². The lowest BCUT2D eigenvalue weighted by molar-refractivity contribution is -0.402. The smallest absolute Gasteiger partial charge is 0.402 e. The summed E-state index contributed by atoms with van der Waals surface area (Å²) in [7, 11) is 0. The normalized spacial score (nSPS) is 15.2. The molecule has 0 amide bonds. The molecule has 10 nitrogen and oxygen atoms in total. The molecule has 3 rings (SSSR count). The van der Waals surface area contributed by atoms with Crippen molar-refractivity contribution >= 4 is 29.5 Å². The Hall–Kier alpha value is -3.82. The van der Waals surface area contributed by atoms with E-state index in [1.165, 1.54) is 30.3 Å². The van der Waals surface area contributed by atoms with E-state index in [0.29, 0.717) is 5.56 Å². The van der Waals surface area contributed by atoms with Crippen molar-refractivity contribution in [2.75, 3.05) is 0 Å². The van der Waals surface area contributed by atoms with Crippen molar-refractivity contribution in [3.8, 4) is 0 Å². The molecule has 10 heteroatoms. The van der Waals surface area contributed by atoms with Crippen LogP contribution in [-0.2, 0) is 9.53 Å². The van der Waals surface area contributed by atoms with Gasteiger partial charge in [-0.2, -0.15) is 0 Å². The lowest BCUT2D eigenvalue weighted by atomic mass is 10.1. The highest BCUT2D eigenvalue weighted by molar-refractivity contribution is 6.13. The second kappa shape index (κ2) is 6.00. The molecule has 0 spiro atoms. The van der Waals surface area contributed by atoms with Crippen LogP contribution in [0.1, 0.15) is 16.9 Å². The molecule has 0 saturated heterocycles. The fraction of sp³-hybridized carbons (Fsp3) is 0.0667. The summed E-state index contributed by atoms with van der Waals surface area (Å²) < 4.78 is 9.93. The lowest BCUT2D eigenvalue weighted by Crippen LogP contribution is -2.06. The third-order valence-corrected chi connectivity index (χ3v) is 3.34. The van der Waals surface area contributed by atoms with E-state index in [0.717, 1.165) is 6.07 Å². The standard InChI is InChI=1S/C15H9N3O7/c1-8-2-3-9(6-12(8)17(20)21)14-16-11(15(19)25-14)7-10-4-5-13(24-10)18(22)23/h2-7H,1H3/b11-7-. The molecule has 0 unspecified atom stereocenters. The number of hydrogen-bond donors (Lipinski definition) is 0. The number of esters is 1. The summed E-state index contributed by atoms with van der Waals surface area (Å²) in [5.41, 5.74) is 0.453. The Balaban J connectivity index is 1.94. The summed E-state index contributed by atoms with van der Waals surface area (Å²) in [5, 5.41) is 21.6.